The van der Waals surface area contributed by atoms with E-state index >= 15 is 0 Å². The Morgan fingerprint density at radius 2 is 1.86 bits per heavy atom. The van der Waals surface area contributed by atoms with E-state index in [9.17, 15) is 14.9 Å². The number of rotatable bonds is 8. The molecule has 0 atom stereocenters. The second-order valence-corrected chi connectivity index (χ2v) is 10.6. The number of thiocarbonyl (C=S) groups is 1. The van der Waals surface area contributed by atoms with Crippen molar-refractivity contribution in [2.75, 3.05) is 31.6 Å². The molecule has 2 saturated heterocycles. The maximum Gasteiger partial charge on any atom is 0.270 e. The van der Waals surface area contributed by atoms with Crippen molar-refractivity contribution >= 4 is 46.1 Å². The number of aromatic nitrogens is 1. The van der Waals surface area contributed by atoms with Crippen LogP contribution in [0.5, 0.6) is 5.75 Å². The van der Waals surface area contributed by atoms with Crippen LogP contribution in [0.3, 0.4) is 0 Å². The van der Waals surface area contributed by atoms with Crippen LogP contribution >= 0.6 is 24.0 Å². The lowest BCUT2D eigenvalue weighted by molar-refractivity contribution is -0.122. The fourth-order valence-electron chi connectivity index (χ4n) is 4.70. The molecule has 0 N–H and O–H groups in total. The Hall–Kier alpha value is -3.09. The molecule has 0 saturated carbocycles. The van der Waals surface area contributed by atoms with E-state index in [1.165, 1.54) is 11.8 Å². The molecule has 3 heterocycles. The average Bonchev–Trinajstić information content (AvgIpc) is 3.50. The number of hydrogen-bond acceptors (Lipinski definition) is 7. The van der Waals surface area contributed by atoms with Gasteiger partial charge in [-0.1, -0.05) is 43.0 Å². The molecule has 188 valence electrons. The van der Waals surface area contributed by atoms with Crippen LogP contribution < -0.4 is 15.2 Å². The lowest BCUT2D eigenvalue weighted by Crippen LogP contribution is -2.33. The third-order valence-corrected chi connectivity index (χ3v) is 8.01. The molecule has 9 heteroatoms. The Labute approximate surface area is 221 Å². The van der Waals surface area contributed by atoms with Gasteiger partial charge in [0.15, 0.2) is 0 Å². The molecule has 1 aromatic heterocycles. The lowest BCUT2D eigenvalue weighted by atomic mass is 10.0. The minimum absolute atomic E-state index is 0.132. The number of ether oxygens (including phenoxy) is 1. The molecule has 0 unspecified atom stereocenters. The number of benzene rings is 1. The normalized spacial score (nSPS) is 16.8. The molecule has 1 amide bonds. The predicted molar refractivity (Wildman–Crippen MR) is 148 cm³/mol. The number of nitriles is 1. The van der Waals surface area contributed by atoms with Crippen molar-refractivity contribution < 1.29 is 9.53 Å². The highest BCUT2D eigenvalue weighted by atomic mass is 32.2. The summed E-state index contributed by atoms with van der Waals surface area (Å²) in [6.45, 7) is 6.50. The Bertz CT molecular complexity index is 1300. The third-order valence-electron chi connectivity index (χ3n) is 6.63. The highest BCUT2D eigenvalue weighted by Crippen LogP contribution is 2.36. The van der Waals surface area contributed by atoms with E-state index in [1.807, 2.05) is 37.3 Å². The van der Waals surface area contributed by atoms with Crippen LogP contribution in [0.1, 0.15) is 48.4 Å². The summed E-state index contributed by atoms with van der Waals surface area (Å²) in [4.78, 5) is 31.0. The molecular formula is C27H30N4O3S2. The molecule has 2 aliphatic heterocycles. The predicted octanol–water partition coefficient (Wildman–Crippen LogP) is 4.49. The molecule has 2 aromatic rings. The van der Waals surface area contributed by atoms with E-state index in [1.54, 1.807) is 23.5 Å². The number of carbonyl (C=O) groups is 1. The van der Waals surface area contributed by atoms with E-state index in [2.05, 4.69) is 11.0 Å². The summed E-state index contributed by atoms with van der Waals surface area (Å²) in [5.41, 5.74) is 2.33. The standard InChI is InChI=1S/C27H30N4O3S2/c1-4-12-30-24(29-13-5-6-14-29)21(18(2)22(17-28)25(30)32)16-23-26(33)31(27(35)36-23)15-11-19-7-9-20(34-3)10-8-19/h7-10,16H,4-6,11-15H2,1-3H3/b23-16-. The van der Waals surface area contributed by atoms with Crippen LogP contribution in [0.25, 0.3) is 6.08 Å². The molecule has 0 aliphatic carbocycles. The zero-order chi connectivity index (χ0) is 25.8. The van der Waals surface area contributed by atoms with Crippen LogP contribution in [0.15, 0.2) is 34.0 Å². The third kappa shape index (κ3) is 5.06. The van der Waals surface area contributed by atoms with Crippen molar-refractivity contribution in [1.82, 2.24) is 9.47 Å². The smallest absolute Gasteiger partial charge is 0.270 e. The Kier molecular flexibility index (Phi) is 8.17. The first-order valence-corrected chi connectivity index (χ1v) is 13.4. The fourth-order valence-corrected chi connectivity index (χ4v) is 5.99. The number of nitrogens with zero attached hydrogens (tertiary/aromatic N) is 4. The average molecular weight is 523 g/mol. The van der Waals surface area contributed by atoms with Gasteiger partial charge in [-0.15, -0.1) is 0 Å². The SMILES string of the molecule is CCCn1c(N2CCCC2)c(/C=C2\SC(=S)N(CCc3ccc(OC)cc3)C2=O)c(C)c(C#N)c1=O. The van der Waals surface area contributed by atoms with Gasteiger partial charge < -0.3 is 9.64 Å². The Morgan fingerprint density at radius 1 is 1.17 bits per heavy atom. The molecule has 0 radical (unpaired) electrons. The minimum atomic E-state index is -0.261. The first kappa shape index (κ1) is 26.0. The summed E-state index contributed by atoms with van der Waals surface area (Å²) >= 11 is 6.84. The number of anilines is 1. The monoisotopic (exact) mass is 522 g/mol. The summed E-state index contributed by atoms with van der Waals surface area (Å²) in [7, 11) is 1.63. The zero-order valence-corrected chi connectivity index (χ0v) is 22.5. The summed E-state index contributed by atoms with van der Waals surface area (Å²) < 4.78 is 7.45. The van der Waals surface area contributed by atoms with Gasteiger partial charge in [-0.25, -0.2) is 0 Å². The number of thioether (sulfide) groups is 1. The summed E-state index contributed by atoms with van der Waals surface area (Å²) in [6, 6.07) is 9.88. The van der Waals surface area contributed by atoms with Crippen molar-refractivity contribution in [3.05, 3.63) is 61.8 Å². The maximum atomic E-state index is 13.4. The van der Waals surface area contributed by atoms with Crippen LogP contribution in [-0.4, -0.2) is 46.4 Å². The van der Waals surface area contributed by atoms with E-state index in [0.29, 0.717) is 34.3 Å². The van der Waals surface area contributed by atoms with Crippen LogP contribution in [0.2, 0.25) is 0 Å². The molecule has 2 fully saturated rings. The fraction of sp³-hybridized carbons (Fsp3) is 0.407. The van der Waals surface area contributed by atoms with Crippen molar-refractivity contribution in [3.8, 4) is 11.8 Å². The summed E-state index contributed by atoms with van der Waals surface area (Å²) in [5, 5.41) is 9.77. The number of hydrogen-bond donors (Lipinski definition) is 0. The number of pyridine rings is 1. The van der Waals surface area contributed by atoms with Gasteiger partial charge in [-0.2, -0.15) is 5.26 Å². The van der Waals surface area contributed by atoms with E-state index in [-0.39, 0.29) is 17.0 Å². The number of methoxy groups -OCH3 is 1. The molecular weight excluding hydrogens is 492 g/mol. The molecule has 0 spiro atoms. The minimum Gasteiger partial charge on any atom is -0.497 e. The largest absolute Gasteiger partial charge is 0.497 e. The molecule has 4 rings (SSSR count). The second kappa shape index (κ2) is 11.3. The highest BCUT2D eigenvalue weighted by Gasteiger charge is 2.33. The van der Waals surface area contributed by atoms with Crippen molar-refractivity contribution in [1.29, 1.82) is 5.26 Å². The highest BCUT2D eigenvalue weighted by molar-refractivity contribution is 8.26. The molecule has 36 heavy (non-hydrogen) atoms. The van der Waals surface area contributed by atoms with E-state index in [0.717, 1.165) is 55.0 Å². The van der Waals surface area contributed by atoms with Gasteiger partial charge in [-0.3, -0.25) is 19.1 Å². The maximum absolute atomic E-state index is 13.4. The molecule has 7 nitrogen and oxygen atoms in total. The first-order chi connectivity index (χ1) is 17.4. The molecule has 1 aromatic carbocycles. The first-order valence-electron chi connectivity index (χ1n) is 12.2. The van der Waals surface area contributed by atoms with Gasteiger partial charge in [0.2, 0.25) is 0 Å². The van der Waals surface area contributed by atoms with Gasteiger partial charge >= 0.3 is 0 Å². The van der Waals surface area contributed by atoms with Crippen molar-refractivity contribution in [2.24, 2.45) is 0 Å². The Morgan fingerprint density at radius 3 is 2.47 bits per heavy atom. The van der Waals surface area contributed by atoms with E-state index < -0.39 is 0 Å². The summed E-state index contributed by atoms with van der Waals surface area (Å²) in [6.07, 6.45) is 5.37. The quantitative estimate of drug-likeness (QED) is 0.373. The van der Waals surface area contributed by atoms with Gasteiger partial charge in [0.1, 0.15) is 27.5 Å². The van der Waals surface area contributed by atoms with Gasteiger partial charge in [0.25, 0.3) is 11.5 Å². The van der Waals surface area contributed by atoms with Crippen LogP contribution in [0.4, 0.5) is 5.82 Å². The number of carbonyl (C=O) groups excluding carboxylic acids is 1. The number of amides is 1. The van der Waals surface area contributed by atoms with Crippen molar-refractivity contribution in [3.63, 3.8) is 0 Å². The van der Waals surface area contributed by atoms with Crippen molar-refractivity contribution in [2.45, 2.75) is 46.1 Å². The zero-order valence-electron chi connectivity index (χ0n) is 20.9. The second-order valence-electron chi connectivity index (χ2n) is 8.93. The van der Waals surface area contributed by atoms with E-state index in [4.69, 9.17) is 17.0 Å². The van der Waals surface area contributed by atoms with Gasteiger partial charge in [-0.05, 0) is 61.9 Å². The van der Waals surface area contributed by atoms with Crippen LogP contribution in [-0.2, 0) is 17.8 Å². The van der Waals surface area contributed by atoms with Gasteiger partial charge in [0.05, 0.1) is 12.0 Å². The van der Waals surface area contributed by atoms with Gasteiger partial charge in [0, 0.05) is 31.7 Å². The molecule has 2 aliphatic rings. The van der Waals surface area contributed by atoms with Crippen LogP contribution in [0, 0.1) is 18.3 Å². The lowest BCUT2D eigenvalue weighted by Gasteiger charge is -2.26. The summed E-state index contributed by atoms with van der Waals surface area (Å²) in [5.74, 6) is 1.45. The molecule has 0 bridgehead atoms. The Balaban J connectivity index is 1.69. The topological polar surface area (TPSA) is 78.6 Å².